The van der Waals surface area contributed by atoms with E-state index < -0.39 is 15.9 Å². The van der Waals surface area contributed by atoms with E-state index >= 15 is 0 Å². The van der Waals surface area contributed by atoms with Gasteiger partial charge in [0.05, 0.1) is 22.8 Å². The van der Waals surface area contributed by atoms with Crippen LogP contribution >= 0.6 is 23.2 Å². The minimum atomic E-state index is -3.88. The van der Waals surface area contributed by atoms with Crippen molar-refractivity contribution in [2.45, 2.75) is 4.90 Å². The lowest BCUT2D eigenvalue weighted by molar-refractivity contribution is 0.0938. The van der Waals surface area contributed by atoms with Crippen molar-refractivity contribution in [3.63, 3.8) is 0 Å². The minimum Gasteiger partial charge on any atom is -0.383 e. The van der Waals surface area contributed by atoms with Crippen molar-refractivity contribution in [1.29, 1.82) is 0 Å². The predicted octanol–water partition coefficient (Wildman–Crippen LogP) is 3.17. The lowest BCUT2D eigenvalue weighted by Crippen LogP contribution is -2.28. The van der Waals surface area contributed by atoms with Crippen molar-refractivity contribution < 1.29 is 17.9 Å². The van der Waals surface area contributed by atoms with E-state index in [-0.39, 0.29) is 22.7 Å². The second-order valence-electron chi connectivity index (χ2n) is 5.00. The third kappa shape index (κ3) is 5.34. The molecular formula is C16H16Cl2N2O4S. The molecule has 0 aliphatic carbocycles. The van der Waals surface area contributed by atoms with Crippen LogP contribution in [0.4, 0.5) is 5.69 Å². The molecule has 0 heterocycles. The van der Waals surface area contributed by atoms with Gasteiger partial charge in [0.1, 0.15) is 0 Å². The highest BCUT2D eigenvalue weighted by Crippen LogP contribution is 2.24. The maximum atomic E-state index is 12.5. The molecule has 2 aromatic rings. The summed E-state index contributed by atoms with van der Waals surface area (Å²) in [5.74, 6) is -0.464. The van der Waals surface area contributed by atoms with E-state index in [1.165, 1.54) is 49.6 Å². The highest BCUT2D eigenvalue weighted by Gasteiger charge is 2.19. The number of rotatable bonds is 7. The molecule has 2 N–H and O–H groups in total. The van der Waals surface area contributed by atoms with Crippen molar-refractivity contribution >= 4 is 44.8 Å². The van der Waals surface area contributed by atoms with E-state index in [4.69, 9.17) is 27.9 Å². The van der Waals surface area contributed by atoms with Crippen LogP contribution < -0.4 is 10.0 Å². The number of nitrogens with one attached hydrogen (secondary N) is 2. The molecule has 2 rings (SSSR count). The molecule has 2 aromatic carbocycles. The van der Waals surface area contributed by atoms with Gasteiger partial charge >= 0.3 is 0 Å². The average Bonchev–Trinajstić information content (AvgIpc) is 2.57. The van der Waals surface area contributed by atoms with Gasteiger partial charge in [0.15, 0.2) is 0 Å². The van der Waals surface area contributed by atoms with Gasteiger partial charge in [0.25, 0.3) is 15.9 Å². The number of carbonyl (C=O) groups is 1. The van der Waals surface area contributed by atoms with Gasteiger partial charge in [-0.2, -0.15) is 0 Å². The molecule has 0 bridgehead atoms. The summed E-state index contributed by atoms with van der Waals surface area (Å²) in [6.07, 6.45) is 0. The fraction of sp³-hybridized carbons (Fsp3) is 0.188. The Hall–Kier alpha value is -1.80. The molecule has 1 amide bonds. The maximum absolute atomic E-state index is 12.5. The molecule has 25 heavy (non-hydrogen) atoms. The number of benzene rings is 2. The molecule has 0 aliphatic heterocycles. The summed E-state index contributed by atoms with van der Waals surface area (Å²) in [6.45, 7) is 0.614. The zero-order valence-corrected chi connectivity index (χ0v) is 15.6. The average molecular weight is 403 g/mol. The predicted molar refractivity (Wildman–Crippen MR) is 97.9 cm³/mol. The second-order valence-corrected chi connectivity index (χ2v) is 7.55. The Balaban J connectivity index is 2.29. The van der Waals surface area contributed by atoms with E-state index in [2.05, 4.69) is 10.0 Å². The minimum absolute atomic E-state index is 0.0255. The number of methoxy groups -OCH3 is 1. The molecule has 0 fully saturated rings. The van der Waals surface area contributed by atoms with Crippen molar-refractivity contribution in [2.75, 3.05) is 25.0 Å². The zero-order valence-electron chi connectivity index (χ0n) is 13.3. The van der Waals surface area contributed by atoms with Gasteiger partial charge in [-0.1, -0.05) is 23.2 Å². The van der Waals surface area contributed by atoms with E-state index in [0.717, 1.165) is 0 Å². The summed E-state index contributed by atoms with van der Waals surface area (Å²) in [5.41, 5.74) is 0.232. The van der Waals surface area contributed by atoms with E-state index in [1.807, 2.05) is 0 Å². The highest BCUT2D eigenvalue weighted by atomic mass is 35.5. The van der Waals surface area contributed by atoms with E-state index in [0.29, 0.717) is 16.7 Å². The van der Waals surface area contributed by atoms with Gasteiger partial charge in [-0.3, -0.25) is 9.52 Å². The number of carbonyl (C=O) groups excluding carboxylic acids is 1. The largest absolute Gasteiger partial charge is 0.383 e. The lowest BCUT2D eigenvalue weighted by atomic mass is 10.1. The number of halogens is 2. The fourth-order valence-electron chi connectivity index (χ4n) is 1.97. The molecule has 0 saturated carbocycles. The molecule has 0 radical (unpaired) electrons. The molecule has 0 saturated heterocycles. The molecule has 134 valence electrons. The Kier molecular flexibility index (Phi) is 6.66. The summed E-state index contributed by atoms with van der Waals surface area (Å²) in [7, 11) is -2.37. The highest BCUT2D eigenvalue weighted by molar-refractivity contribution is 7.92. The Morgan fingerprint density at radius 2 is 1.72 bits per heavy atom. The third-order valence-electron chi connectivity index (χ3n) is 3.19. The SMILES string of the molecule is COCCNC(=O)c1cc(Cl)ccc1NS(=O)(=O)c1ccc(Cl)cc1. The number of sulfonamides is 1. The third-order valence-corrected chi connectivity index (χ3v) is 5.05. The first kappa shape index (κ1) is 19.5. The Bertz CT molecular complexity index is 855. The summed E-state index contributed by atoms with van der Waals surface area (Å²) in [4.78, 5) is 12.3. The topological polar surface area (TPSA) is 84.5 Å². The molecular weight excluding hydrogens is 387 g/mol. The standard InChI is InChI=1S/C16H16Cl2N2O4S/c1-24-9-8-19-16(21)14-10-12(18)4-7-15(14)20-25(22,23)13-5-2-11(17)3-6-13/h2-7,10,20H,8-9H2,1H3,(H,19,21). The van der Waals surface area contributed by atoms with Gasteiger partial charge in [0.2, 0.25) is 0 Å². The van der Waals surface area contributed by atoms with Gasteiger partial charge in [-0.05, 0) is 42.5 Å². The number of hydrogen-bond acceptors (Lipinski definition) is 4. The number of ether oxygens (including phenoxy) is 1. The van der Waals surface area contributed by atoms with Crippen molar-refractivity contribution in [3.8, 4) is 0 Å². The van der Waals surface area contributed by atoms with Crippen molar-refractivity contribution in [1.82, 2.24) is 5.32 Å². The Labute approximate surface area is 156 Å². The molecule has 0 spiro atoms. The van der Waals surface area contributed by atoms with Crippen LogP contribution in [0.1, 0.15) is 10.4 Å². The first-order valence-electron chi connectivity index (χ1n) is 7.18. The fourth-order valence-corrected chi connectivity index (χ4v) is 3.35. The molecule has 6 nitrogen and oxygen atoms in total. The van der Waals surface area contributed by atoms with Crippen LogP contribution in [0.3, 0.4) is 0 Å². The summed E-state index contributed by atoms with van der Waals surface area (Å²) >= 11 is 11.7. The Morgan fingerprint density at radius 3 is 2.36 bits per heavy atom. The molecule has 0 aromatic heterocycles. The summed E-state index contributed by atoms with van der Waals surface area (Å²) in [6, 6.07) is 10.0. The van der Waals surface area contributed by atoms with Crippen LogP contribution in [0.15, 0.2) is 47.4 Å². The van der Waals surface area contributed by atoms with Crippen LogP contribution in [0.5, 0.6) is 0 Å². The zero-order chi connectivity index (χ0) is 18.4. The molecule has 9 heteroatoms. The quantitative estimate of drug-likeness (QED) is 0.696. The molecule has 0 aliphatic rings. The van der Waals surface area contributed by atoms with Gasteiger partial charge in [0, 0.05) is 23.7 Å². The molecule has 0 unspecified atom stereocenters. The normalized spacial score (nSPS) is 11.2. The van der Waals surface area contributed by atoms with Gasteiger partial charge < -0.3 is 10.1 Å². The maximum Gasteiger partial charge on any atom is 0.261 e. The first-order chi connectivity index (χ1) is 11.8. The van der Waals surface area contributed by atoms with Crippen LogP contribution in [-0.4, -0.2) is 34.6 Å². The second kappa shape index (κ2) is 8.53. The van der Waals surface area contributed by atoms with Crippen LogP contribution in [0.25, 0.3) is 0 Å². The first-order valence-corrected chi connectivity index (χ1v) is 9.42. The summed E-state index contributed by atoms with van der Waals surface area (Å²) in [5, 5.41) is 3.36. The monoisotopic (exact) mass is 402 g/mol. The van der Waals surface area contributed by atoms with Crippen LogP contribution in [0, 0.1) is 0 Å². The Morgan fingerprint density at radius 1 is 1.08 bits per heavy atom. The number of hydrogen-bond donors (Lipinski definition) is 2. The van der Waals surface area contributed by atoms with E-state index in [1.54, 1.807) is 0 Å². The van der Waals surface area contributed by atoms with Gasteiger partial charge in [-0.25, -0.2) is 8.42 Å². The molecule has 0 atom stereocenters. The number of anilines is 1. The van der Waals surface area contributed by atoms with Crippen molar-refractivity contribution in [3.05, 3.63) is 58.1 Å². The van der Waals surface area contributed by atoms with Crippen LogP contribution in [-0.2, 0) is 14.8 Å². The van der Waals surface area contributed by atoms with Crippen LogP contribution in [0.2, 0.25) is 10.0 Å². The number of amides is 1. The lowest BCUT2D eigenvalue weighted by Gasteiger charge is -2.13. The summed E-state index contributed by atoms with van der Waals surface area (Å²) < 4.78 is 32.3. The smallest absolute Gasteiger partial charge is 0.261 e. The van der Waals surface area contributed by atoms with E-state index in [9.17, 15) is 13.2 Å². The van der Waals surface area contributed by atoms with Gasteiger partial charge in [-0.15, -0.1) is 0 Å². The van der Waals surface area contributed by atoms with Crippen molar-refractivity contribution in [2.24, 2.45) is 0 Å².